The van der Waals surface area contributed by atoms with Crippen molar-refractivity contribution in [2.75, 3.05) is 18.0 Å². The van der Waals surface area contributed by atoms with Crippen LogP contribution in [0.4, 0.5) is 15.0 Å². The average Bonchev–Trinajstić information content (AvgIpc) is 3.43. The number of carbonyl (C=O) groups excluding carboxylic acids is 2. The van der Waals surface area contributed by atoms with Crippen LogP contribution in [-0.2, 0) is 20.1 Å². The van der Waals surface area contributed by atoms with Gasteiger partial charge in [-0.25, -0.2) is 9.18 Å². The molecule has 4 rings (SSSR count). The van der Waals surface area contributed by atoms with E-state index in [0.717, 1.165) is 11.1 Å². The van der Waals surface area contributed by atoms with Crippen LogP contribution in [0.25, 0.3) is 0 Å². The highest BCUT2D eigenvalue weighted by Gasteiger charge is 2.31. The van der Waals surface area contributed by atoms with E-state index >= 15 is 0 Å². The number of aryl methyl sites for hydroxylation is 1. The lowest BCUT2D eigenvalue weighted by molar-refractivity contribution is 0.0946. The molecular weight excluding hydrogens is 377 g/mol. The molecule has 29 heavy (non-hydrogen) atoms. The molecule has 1 saturated heterocycles. The van der Waals surface area contributed by atoms with Crippen molar-refractivity contribution in [2.45, 2.75) is 13.1 Å². The number of carbonyl (C=O) groups is 2. The summed E-state index contributed by atoms with van der Waals surface area (Å²) in [7, 11) is 1.80. The lowest BCUT2D eigenvalue weighted by Gasteiger charge is -2.17. The third-order valence-electron chi connectivity index (χ3n) is 4.68. The molecule has 2 aromatic heterocycles. The Kier molecular flexibility index (Phi) is 4.98. The molecular formula is C19H20FN7O2. The Bertz CT molecular complexity index is 1030. The van der Waals surface area contributed by atoms with Crippen LogP contribution in [0.15, 0.2) is 42.7 Å². The van der Waals surface area contributed by atoms with E-state index in [4.69, 9.17) is 0 Å². The third kappa shape index (κ3) is 4.10. The SMILES string of the molecule is Cn1cc(CNC(=O)c2cc(N3CCN(Cc4ccc(F)cc4)C3=O)n[nH]2)cn1. The second-order valence-electron chi connectivity index (χ2n) is 6.83. The van der Waals surface area contributed by atoms with Crippen molar-refractivity contribution >= 4 is 17.8 Å². The maximum Gasteiger partial charge on any atom is 0.326 e. The first-order chi connectivity index (χ1) is 14.0. The van der Waals surface area contributed by atoms with Gasteiger partial charge in [-0.3, -0.25) is 19.5 Å². The van der Waals surface area contributed by atoms with Gasteiger partial charge in [0, 0.05) is 51.1 Å². The fourth-order valence-electron chi connectivity index (χ4n) is 3.16. The van der Waals surface area contributed by atoms with Crippen LogP contribution in [-0.4, -0.2) is 49.9 Å². The Morgan fingerprint density at radius 3 is 2.76 bits per heavy atom. The van der Waals surface area contributed by atoms with Crippen LogP contribution in [0.3, 0.4) is 0 Å². The number of urea groups is 1. The Labute approximate surface area is 166 Å². The molecule has 3 heterocycles. The van der Waals surface area contributed by atoms with E-state index in [-0.39, 0.29) is 23.4 Å². The number of anilines is 1. The number of halogens is 1. The first-order valence-corrected chi connectivity index (χ1v) is 9.11. The molecule has 0 bridgehead atoms. The first kappa shape index (κ1) is 18.7. The van der Waals surface area contributed by atoms with Gasteiger partial charge < -0.3 is 10.2 Å². The largest absolute Gasteiger partial charge is 0.347 e. The highest BCUT2D eigenvalue weighted by molar-refractivity contribution is 5.96. The number of H-pyrrole nitrogens is 1. The van der Waals surface area contributed by atoms with Crippen LogP contribution in [0, 0.1) is 5.82 Å². The Balaban J connectivity index is 1.36. The molecule has 9 nitrogen and oxygen atoms in total. The van der Waals surface area contributed by atoms with Crippen molar-refractivity contribution in [1.29, 1.82) is 0 Å². The Morgan fingerprint density at radius 1 is 1.24 bits per heavy atom. The maximum absolute atomic E-state index is 13.0. The lowest BCUT2D eigenvalue weighted by atomic mass is 10.2. The van der Waals surface area contributed by atoms with E-state index in [2.05, 4.69) is 20.6 Å². The standard InChI is InChI=1S/C19H20FN7O2/c1-25-11-14(10-22-25)9-21-18(28)16-8-17(24-23-16)27-7-6-26(19(27)29)12-13-2-4-15(20)5-3-13/h2-5,8,10-11H,6-7,9,12H2,1H3,(H,21,28)(H,23,24). The number of amides is 3. The van der Waals surface area contributed by atoms with Gasteiger partial charge in [-0.2, -0.15) is 10.2 Å². The second kappa shape index (κ2) is 7.74. The van der Waals surface area contributed by atoms with Gasteiger partial charge in [0.25, 0.3) is 5.91 Å². The molecule has 0 spiro atoms. The van der Waals surface area contributed by atoms with E-state index in [1.165, 1.54) is 17.0 Å². The molecule has 0 unspecified atom stereocenters. The van der Waals surface area contributed by atoms with Crippen LogP contribution in [0.2, 0.25) is 0 Å². The second-order valence-corrected chi connectivity index (χ2v) is 6.83. The molecule has 1 fully saturated rings. The number of aromatic nitrogens is 4. The van der Waals surface area contributed by atoms with Crippen molar-refractivity contribution in [3.05, 3.63) is 65.4 Å². The van der Waals surface area contributed by atoms with E-state index in [1.54, 1.807) is 41.0 Å². The summed E-state index contributed by atoms with van der Waals surface area (Å²) in [6, 6.07) is 7.41. The molecule has 3 aromatic rings. The molecule has 2 N–H and O–H groups in total. The van der Waals surface area contributed by atoms with Gasteiger partial charge in [-0.15, -0.1) is 0 Å². The van der Waals surface area contributed by atoms with Gasteiger partial charge in [0.2, 0.25) is 0 Å². The number of rotatable bonds is 6. The number of hydrogen-bond acceptors (Lipinski definition) is 4. The molecule has 1 aromatic carbocycles. The topological polar surface area (TPSA) is 99.1 Å². The number of aromatic amines is 1. The van der Waals surface area contributed by atoms with Crippen molar-refractivity contribution in [3.63, 3.8) is 0 Å². The van der Waals surface area contributed by atoms with Gasteiger partial charge in [-0.1, -0.05) is 12.1 Å². The molecule has 0 atom stereocenters. The molecule has 0 aliphatic carbocycles. The highest BCUT2D eigenvalue weighted by Crippen LogP contribution is 2.20. The minimum atomic E-state index is -0.317. The molecule has 1 aliphatic heterocycles. The molecule has 0 radical (unpaired) electrons. The number of nitrogens with one attached hydrogen (secondary N) is 2. The molecule has 150 valence electrons. The van der Waals surface area contributed by atoms with E-state index in [9.17, 15) is 14.0 Å². The van der Waals surface area contributed by atoms with Crippen LogP contribution < -0.4 is 10.2 Å². The summed E-state index contributed by atoms with van der Waals surface area (Å²) in [6.45, 7) is 1.71. The minimum Gasteiger partial charge on any atom is -0.347 e. The zero-order valence-corrected chi connectivity index (χ0v) is 15.8. The summed E-state index contributed by atoms with van der Waals surface area (Å²) in [5, 5.41) is 13.6. The van der Waals surface area contributed by atoms with Crippen molar-refractivity contribution < 1.29 is 14.0 Å². The van der Waals surface area contributed by atoms with Gasteiger partial charge in [0.05, 0.1) is 6.20 Å². The lowest BCUT2D eigenvalue weighted by Crippen LogP contribution is -2.31. The summed E-state index contributed by atoms with van der Waals surface area (Å²) in [5.74, 6) is -0.237. The molecule has 1 aliphatic rings. The first-order valence-electron chi connectivity index (χ1n) is 9.11. The third-order valence-corrected chi connectivity index (χ3v) is 4.68. The van der Waals surface area contributed by atoms with Gasteiger partial charge in [-0.05, 0) is 17.7 Å². The number of hydrogen-bond donors (Lipinski definition) is 2. The molecule has 0 saturated carbocycles. The van der Waals surface area contributed by atoms with Crippen molar-refractivity contribution in [2.24, 2.45) is 7.05 Å². The van der Waals surface area contributed by atoms with E-state index in [0.29, 0.717) is 32.0 Å². The van der Waals surface area contributed by atoms with Gasteiger partial charge >= 0.3 is 6.03 Å². The highest BCUT2D eigenvalue weighted by atomic mass is 19.1. The summed E-state index contributed by atoms with van der Waals surface area (Å²) in [6.07, 6.45) is 3.49. The summed E-state index contributed by atoms with van der Waals surface area (Å²) in [5.41, 5.74) is 2.00. The summed E-state index contributed by atoms with van der Waals surface area (Å²) >= 11 is 0. The fraction of sp³-hybridized carbons (Fsp3) is 0.263. The molecule has 3 amide bonds. The van der Waals surface area contributed by atoms with Crippen molar-refractivity contribution in [1.82, 2.24) is 30.2 Å². The average molecular weight is 397 g/mol. The predicted molar refractivity (Wildman–Crippen MR) is 103 cm³/mol. The number of benzene rings is 1. The Hall–Kier alpha value is -3.69. The maximum atomic E-state index is 13.0. The van der Waals surface area contributed by atoms with Crippen LogP contribution in [0.1, 0.15) is 21.6 Å². The quantitative estimate of drug-likeness (QED) is 0.661. The minimum absolute atomic E-state index is 0.205. The van der Waals surface area contributed by atoms with Crippen LogP contribution in [0.5, 0.6) is 0 Å². The van der Waals surface area contributed by atoms with Gasteiger partial charge in [0.15, 0.2) is 5.82 Å². The monoisotopic (exact) mass is 397 g/mol. The summed E-state index contributed by atoms with van der Waals surface area (Å²) in [4.78, 5) is 28.2. The van der Waals surface area contributed by atoms with E-state index < -0.39 is 0 Å². The zero-order valence-electron chi connectivity index (χ0n) is 15.8. The van der Waals surface area contributed by atoms with Crippen LogP contribution >= 0.6 is 0 Å². The smallest absolute Gasteiger partial charge is 0.326 e. The fourth-order valence-corrected chi connectivity index (χ4v) is 3.16. The van der Waals surface area contributed by atoms with Gasteiger partial charge in [0.1, 0.15) is 11.5 Å². The normalized spacial score (nSPS) is 13.9. The molecule has 10 heteroatoms. The van der Waals surface area contributed by atoms with E-state index in [1.807, 2.05) is 6.20 Å². The Morgan fingerprint density at radius 2 is 2.03 bits per heavy atom. The predicted octanol–water partition coefficient (Wildman–Crippen LogP) is 1.65. The number of nitrogens with zero attached hydrogens (tertiary/aromatic N) is 5. The zero-order chi connectivity index (χ0) is 20.4. The summed E-state index contributed by atoms with van der Waals surface area (Å²) < 4.78 is 14.7. The van der Waals surface area contributed by atoms with Crippen molar-refractivity contribution in [3.8, 4) is 0 Å².